The molecule has 2 nitrogen and oxygen atoms in total. The van der Waals surface area contributed by atoms with Gasteiger partial charge in [0.1, 0.15) is 0 Å². The lowest BCUT2D eigenvalue weighted by Gasteiger charge is -2.48. The van der Waals surface area contributed by atoms with Crippen molar-refractivity contribution in [2.24, 2.45) is 40.9 Å². The maximum atomic E-state index is 11.2. The van der Waals surface area contributed by atoms with Crippen LogP contribution in [0.4, 0.5) is 0 Å². The SMILES string of the molecule is CCC1(OC(O)C(C)(CC(C)C)C(C)C)CC2CC1C1CCCC21. The molecule has 0 heterocycles. The fourth-order valence-corrected chi connectivity index (χ4v) is 6.70. The third-order valence-corrected chi connectivity index (χ3v) is 8.26. The monoisotopic (exact) mass is 336 g/mol. The third-order valence-electron chi connectivity index (χ3n) is 8.26. The van der Waals surface area contributed by atoms with E-state index < -0.39 is 6.29 Å². The maximum Gasteiger partial charge on any atom is 0.160 e. The summed E-state index contributed by atoms with van der Waals surface area (Å²) in [4.78, 5) is 0. The first-order valence-electron chi connectivity index (χ1n) is 10.6. The standard InChI is InChI=1S/C22H40O2/c1-7-22(13-16-11-19(22)18-10-8-9-17(16)18)24-20(23)21(6,15(4)5)12-14(2)3/h14-20,23H,7-13H2,1-6H3. The van der Waals surface area contributed by atoms with Crippen molar-refractivity contribution in [3.05, 3.63) is 0 Å². The van der Waals surface area contributed by atoms with Crippen molar-refractivity contribution < 1.29 is 9.84 Å². The molecule has 2 heteroatoms. The van der Waals surface area contributed by atoms with Gasteiger partial charge in [-0.15, -0.1) is 0 Å². The number of hydrogen-bond acceptors (Lipinski definition) is 2. The molecule has 7 unspecified atom stereocenters. The molecular weight excluding hydrogens is 296 g/mol. The summed E-state index contributed by atoms with van der Waals surface area (Å²) in [5.41, 5.74) is -0.212. The molecule has 0 spiro atoms. The summed E-state index contributed by atoms with van der Waals surface area (Å²) in [7, 11) is 0. The summed E-state index contributed by atoms with van der Waals surface area (Å²) in [6.07, 6.45) is 8.27. The molecule has 3 saturated carbocycles. The number of hydrogen-bond donors (Lipinski definition) is 1. The van der Waals surface area contributed by atoms with Gasteiger partial charge in [0.15, 0.2) is 6.29 Å². The van der Waals surface area contributed by atoms with Gasteiger partial charge in [-0.25, -0.2) is 0 Å². The second-order valence-electron chi connectivity index (χ2n) is 10.2. The predicted molar refractivity (Wildman–Crippen MR) is 99.6 cm³/mol. The van der Waals surface area contributed by atoms with E-state index in [0.29, 0.717) is 17.8 Å². The van der Waals surface area contributed by atoms with E-state index in [9.17, 15) is 5.11 Å². The van der Waals surface area contributed by atoms with Gasteiger partial charge < -0.3 is 9.84 Å². The first-order chi connectivity index (χ1) is 11.2. The molecule has 0 radical (unpaired) electrons. The van der Waals surface area contributed by atoms with Crippen molar-refractivity contribution in [3.8, 4) is 0 Å². The second kappa shape index (κ2) is 6.58. The fraction of sp³-hybridized carbons (Fsp3) is 1.00. The highest BCUT2D eigenvalue weighted by atomic mass is 16.6. The van der Waals surface area contributed by atoms with Crippen LogP contribution in [0.2, 0.25) is 0 Å². The van der Waals surface area contributed by atoms with Gasteiger partial charge in [-0.3, -0.25) is 0 Å². The lowest BCUT2D eigenvalue weighted by Crippen LogP contribution is -2.50. The van der Waals surface area contributed by atoms with Gasteiger partial charge in [0.05, 0.1) is 5.60 Å². The molecule has 0 aromatic rings. The smallest absolute Gasteiger partial charge is 0.160 e. The van der Waals surface area contributed by atoms with Crippen molar-refractivity contribution in [2.75, 3.05) is 0 Å². The summed E-state index contributed by atoms with van der Waals surface area (Å²) in [6.45, 7) is 13.5. The molecule has 3 rings (SSSR count). The Morgan fingerprint density at radius 3 is 2.42 bits per heavy atom. The number of ether oxygens (including phenoxy) is 1. The van der Waals surface area contributed by atoms with E-state index in [1.165, 1.54) is 32.1 Å². The van der Waals surface area contributed by atoms with Crippen molar-refractivity contribution >= 4 is 0 Å². The number of aliphatic hydroxyl groups is 1. The Kier molecular flexibility index (Phi) is 5.13. The van der Waals surface area contributed by atoms with Gasteiger partial charge in [-0.05, 0) is 74.0 Å². The summed E-state index contributed by atoms with van der Waals surface area (Å²) in [5.74, 6) is 4.41. The molecule has 3 aliphatic rings. The quantitative estimate of drug-likeness (QED) is 0.610. The van der Waals surface area contributed by atoms with E-state index in [1.807, 2.05) is 0 Å². The van der Waals surface area contributed by atoms with Crippen LogP contribution >= 0.6 is 0 Å². The van der Waals surface area contributed by atoms with Gasteiger partial charge in [0.2, 0.25) is 0 Å². The Morgan fingerprint density at radius 2 is 1.83 bits per heavy atom. The minimum atomic E-state index is -0.640. The largest absolute Gasteiger partial charge is 0.367 e. The van der Waals surface area contributed by atoms with Crippen LogP contribution in [0.15, 0.2) is 0 Å². The predicted octanol–water partition coefficient (Wildman–Crippen LogP) is 5.63. The van der Waals surface area contributed by atoms with Crippen LogP contribution in [0.3, 0.4) is 0 Å². The maximum absolute atomic E-state index is 11.2. The van der Waals surface area contributed by atoms with E-state index in [4.69, 9.17) is 4.74 Å². The van der Waals surface area contributed by atoms with E-state index in [-0.39, 0.29) is 11.0 Å². The van der Waals surface area contributed by atoms with Crippen LogP contribution in [0.1, 0.15) is 86.5 Å². The van der Waals surface area contributed by atoms with Gasteiger partial charge in [-0.2, -0.15) is 0 Å². The zero-order chi connectivity index (χ0) is 17.7. The van der Waals surface area contributed by atoms with Gasteiger partial charge >= 0.3 is 0 Å². The third kappa shape index (κ3) is 2.86. The number of aliphatic hydroxyl groups excluding tert-OH is 1. The Labute approximate surface area is 149 Å². The minimum absolute atomic E-state index is 0.0529. The summed E-state index contributed by atoms with van der Waals surface area (Å²) >= 11 is 0. The Balaban J connectivity index is 1.78. The average Bonchev–Trinajstić information content (AvgIpc) is 3.17. The lowest BCUT2D eigenvalue weighted by molar-refractivity contribution is -0.266. The van der Waals surface area contributed by atoms with Crippen LogP contribution < -0.4 is 0 Å². The fourth-order valence-electron chi connectivity index (χ4n) is 6.70. The van der Waals surface area contributed by atoms with Gasteiger partial charge in [0.25, 0.3) is 0 Å². The average molecular weight is 337 g/mol. The number of rotatable bonds is 7. The molecular formula is C22H40O2. The van der Waals surface area contributed by atoms with E-state index >= 15 is 0 Å². The van der Waals surface area contributed by atoms with Crippen molar-refractivity contribution in [2.45, 2.75) is 98.4 Å². The lowest BCUT2D eigenvalue weighted by atomic mass is 9.70. The van der Waals surface area contributed by atoms with Gasteiger partial charge in [0, 0.05) is 5.41 Å². The Hall–Kier alpha value is -0.0800. The molecule has 0 aromatic carbocycles. The highest BCUT2D eigenvalue weighted by molar-refractivity contribution is 5.11. The number of fused-ring (bicyclic) bond motifs is 5. The zero-order valence-corrected chi connectivity index (χ0v) is 16.8. The van der Waals surface area contributed by atoms with Crippen molar-refractivity contribution in [1.82, 2.24) is 0 Å². The Morgan fingerprint density at radius 1 is 1.17 bits per heavy atom. The topological polar surface area (TPSA) is 29.5 Å². The molecule has 7 atom stereocenters. The molecule has 140 valence electrons. The normalized spacial score (nSPS) is 41.9. The second-order valence-corrected chi connectivity index (χ2v) is 10.2. The summed E-state index contributed by atoms with van der Waals surface area (Å²) < 4.78 is 6.67. The Bertz CT molecular complexity index is 445. The summed E-state index contributed by atoms with van der Waals surface area (Å²) in [6, 6.07) is 0. The van der Waals surface area contributed by atoms with Crippen LogP contribution in [0, 0.1) is 40.9 Å². The first kappa shape index (κ1) is 18.7. The highest BCUT2D eigenvalue weighted by Crippen LogP contribution is 2.64. The van der Waals surface area contributed by atoms with E-state index in [1.54, 1.807) is 0 Å². The molecule has 24 heavy (non-hydrogen) atoms. The molecule has 3 aliphatic carbocycles. The molecule has 0 amide bonds. The minimum Gasteiger partial charge on any atom is -0.367 e. The summed E-state index contributed by atoms with van der Waals surface area (Å²) in [5, 5.41) is 11.2. The van der Waals surface area contributed by atoms with Crippen molar-refractivity contribution in [1.29, 1.82) is 0 Å². The van der Waals surface area contributed by atoms with E-state index in [0.717, 1.165) is 30.6 Å². The van der Waals surface area contributed by atoms with E-state index in [2.05, 4.69) is 41.5 Å². The highest BCUT2D eigenvalue weighted by Gasteiger charge is 2.62. The van der Waals surface area contributed by atoms with Crippen LogP contribution in [-0.2, 0) is 4.74 Å². The first-order valence-corrected chi connectivity index (χ1v) is 10.6. The molecule has 0 saturated heterocycles. The van der Waals surface area contributed by atoms with Gasteiger partial charge in [-0.1, -0.05) is 48.0 Å². The van der Waals surface area contributed by atoms with Crippen LogP contribution in [0.25, 0.3) is 0 Å². The molecule has 0 aromatic heterocycles. The zero-order valence-electron chi connectivity index (χ0n) is 16.8. The van der Waals surface area contributed by atoms with Crippen molar-refractivity contribution in [3.63, 3.8) is 0 Å². The molecule has 1 N–H and O–H groups in total. The molecule has 0 aliphatic heterocycles. The molecule has 3 fully saturated rings. The molecule has 2 bridgehead atoms. The van der Waals surface area contributed by atoms with Crippen LogP contribution in [0.5, 0.6) is 0 Å². The van der Waals surface area contributed by atoms with Crippen LogP contribution in [-0.4, -0.2) is 17.0 Å².